The van der Waals surface area contributed by atoms with Crippen LogP contribution >= 0.6 is 7.82 Å². The quantitative estimate of drug-likeness (QED) is 0.0197. The Hall–Kier alpha value is -2.82. The van der Waals surface area contributed by atoms with Crippen molar-refractivity contribution in [3.05, 3.63) is 60.8 Å². The predicted molar refractivity (Wildman–Crippen MR) is 298 cm³/mol. The van der Waals surface area contributed by atoms with Crippen molar-refractivity contribution < 1.29 is 52.2 Å². The van der Waals surface area contributed by atoms with Crippen LogP contribution in [0.2, 0.25) is 0 Å². The van der Waals surface area contributed by atoms with Crippen molar-refractivity contribution in [2.75, 3.05) is 26.4 Å². The lowest BCUT2D eigenvalue weighted by Crippen LogP contribution is -2.30. The average molecular weight is 1040 g/mol. The molecule has 0 aliphatic carbocycles. The number of esters is 3. The molecule has 0 saturated heterocycles. The van der Waals surface area contributed by atoms with Crippen molar-refractivity contribution in [2.24, 2.45) is 0 Å². The molecule has 3 unspecified atom stereocenters. The number of aliphatic hydroxyl groups is 1. The average Bonchev–Trinajstić information content (AvgIpc) is 3.37. The third kappa shape index (κ3) is 52.1. The molecule has 11 nitrogen and oxygen atoms in total. The molecule has 0 aliphatic rings. The molecule has 0 bridgehead atoms. The van der Waals surface area contributed by atoms with Gasteiger partial charge in [-0.1, -0.05) is 236 Å². The molecule has 0 fully saturated rings. The van der Waals surface area contributed by atoms with Gasteiger partial charge in [-0.25, -0.2) is 4.57 Å². The number of carbonyl (C=O) groups is 3. The zero-order valence-electron chi connectivity index (χ0n) is 46.1. The lowest BCUT2D eigenvalue weighted by molar-refractivity contribution is -0.161. The van der Waals surface area contributed by atoms with Crippen LogP contribution in [0.25, 0.3) is 0 Å². The smallest absolute Gasteiger partial charge is 0.462 e. The van der Waals surface area contributed by atoms with Crippen molar-refractivity contribution >= 4 is 25.7 Å². The van der Waals surface area contributed by atoms with E-state index in [4.69, 9.17) is 23.3 Å². The van der Waals surface area contributed by atoms with Crippen LogP contribution in [0, 0.1) is 0 Å². The Morgan fingerprint density at radius 2 is 0.750 bits per heavy atom. The molecule has 72 heavy (non-hydrogen) atoms. The number of carbonyl (C=O) groups excluding carboxylic acids is 3. The summed E-state index contributed by atoms with van der Waals surface area (Å²) < 4.78 is 39.4. The van der Waals surface area contributed by atoms with Crippen LogP contribution in [0.15, 0.2) is 60.8 Å². The van der Waals surface area contributed by atoms with E-state index in [9.17, 15) is 28.9 Å². The molecule has 0 spiro atoms. The van der Waals surface area contributed by atoms with Gasteiger partial charge in [0.05, 0.1) is 19.8 Å². The summed E-state index contributed by atoms with van der Waals surface area (Å²) in [5.41, 5.74) is 0. The normalized spacial score (nSPS) is 13.8. The minimum Gasteiger partial charge on any atom is -0.462 e. The van der Waals surface area contributed by atoms with Crippen LogP contribution in [0.1, 0.15) is 265 Å². The Bertz CT molecular complexity index is 1440. The maximum Gasteiger partial charge on any atom is 0.472 e. The third-order valence-electron chi connectivity index (χ3n) is 12.4. The lowest BCUT2D eigenvalue weighted by atomic mass is 10.0. The number of hydrogen-bond donors (Lipinski definition) is 2. The van der Waals surface area contributed by atoms with E-state index in [1.165, 1.54) is 135 Å². The second-order valence-corrected chi connectivity index (χ2v) is 20.9. The van der Waals surface area contributed by atoms with Crippen LogP contribution in [0.4, 0.5) is 0 Å². The third-order valence-corrected chi connectivity index (χ3v) is 13.4. The van der Waals surface area contributed by atoms with E-state index in [1.54, 1.807) is 0 Å². The zero-order chi connectivity index (χ0) is 52.7. The topological polar surface area (TPSA) is 155 Å². The molecular weight excluding hydrogens is 928 g/mol. The fourth-order valence-corrected chi connectivity index (χ4v) is 8.80. The van der Waals surface area contributed by atoms with E-state index in [-0.39, 0.29) is 25.9 Å². The van der Waals surface area contributed by atoms with Gasteiger partial charge in [-0.15, -0.1) is 0 Å². The molecule has 12 heteroatoms. The Morgan fingerprint density at radius 1 is 0.403 bits per heavy atom. The van der Waals surface area contributed by atoms with Crippen LogP contribution in [0.3, 0.4) is 0 Å². The van der Waals surface area contributed by atoms with Gasteiger partial charge >= 0.3 is 25.7 Å². The first-order valence-corrected chi connectivity index (χ1v) is 30.7. The van der Waals surface area contributed by atoms with E-state index in [0.717, 1.165) is 70.6 Å². The summed E-state index contributed by atoms with van der Waals surface area (Å²) in [4.78, 5) is 48.5. The van der Waals surface area contributed by atoms with Gasteiger partial charge in [0.25, 0.3) is 0 Å². The summed E-state index contributed by atoms with van der Waals surface area (Å²) in [6.07, 6.45) is 59.1. The van der Waals surface area contributed by atoms with Crippen molar-refractivity contribution in [1.82, 2.24) is 0 Å². The molecule has 0 radical (unpaired) electrons. The Morgan fingerprint density at radius 3 is 1.19 bits per heavy atom. The van der Waals surface area contributed by atoms with E-state index >= 15 is 0 Å². The first-order chi connectivity index (χ1) is 35.2. The van der Waals surface area contributed by atoms with Crippen molar-refractivity contribution in [3.8, 4) is 0 Å². The Kier molecular flexibility index (Phi) is 52.3. The first kappa shape index (κ1) is 69.2. The Balaban J connectivity index is 4.76. The molecule has 0 aromatic carbocycles. The highest BCUT2D eigenvalue weighted by atomic mass is 31.2. The lowest BCUT2D eigenvalue weighted by Gasteiger charge is -2.21. The first-order valence-electron chi connectivity index (χ1n) is 29.2. The molecule has 3 atom stereocenters. The molecule has 0 aromatic heterocycles. The van der Waals surface area contributed by atoms with Crippen molar-refractivity contribution in [2.45, 2.75) is 277 Å². The van der Waals surface area contributed by atoms with Gasteiger partial charge in [0.2, 0.25) is 0 Å². The molecule has 2 N–H and O–H groups in total. The largest absolute Gasteiger partial charge is 0.472 e. The van der Waals surface area contributed by atoms with Gasteiger partial charge in [-0.2, -0.15) is 0 Å². The molecule has 0 saturated carbocycles. The van der Waals surface area contributed by atoms with Crippen LogP contribution in [-0.4, -0.2) is 66.5 Å². The zero-order valence-corrected chi connectivity index (χ0v) is 47.0. The second kappa shape index (κ2) is 54.4. The fourth-order valence-electron chi connectivity index (χ4n) is 8.01. The highest BCUT2D eigenvalue weighted by Crippen LogP contribution is 2.43. The summed E-state index contributed by atoms with van der Waals surface area (Å²) >= 11 is 0. The van der Waals surface area contributed by atoms with Crippen molar-refractivity contribution in [1.29, 1.82) is 0 Å². The fraction of sp³-hybridized carbons (Fsp3) is 0.783. The van der Waals surface area contributed by atoms with Crippen LogP contribution < -0.4 is 0 Å². The van der Waals surface area contributed by atoms with Gasteiger partial charge in [-0.05, 0) is 70.6 Å². The number of phosphoric acid groups is 1. The summed E-state index contributed by atoms with van der Waals surface area (Å²) in [5.74, 6) is -1.54. The van der Waals surface area contributed by atoms with Gasteiger partial charge < -0.3 is 24.2 Å². The standard InChI is InChI=1S/C60H107O11P/c1-4-7-10-13-16-19-22-25-27-28-30-32-34-37-40-43-46-49-58(62)67-53-57(71-60(64)51-48-45-42-39-36-33-29-26-23-20-17-14-11-8-5-2)55-69-72(65,66)68-54-56(52-61)70-59(63)50-47-44-41-38-35-31-24-21-18-15-12-9-6-3/h9,12,18,21,25,27,31,35,41,44,56-57,61H,4-8,10-11,13-17,19-20,22-24,26,28-30,32-34,36-40,42-43,45-55H2,1-3H3,(H,65,66)/b12-9-,21-18-,27-25-,35-31-,44-41-. The number of allylic oxidation sites excluding steroid dienone is 10. The van der Waals surface area contributed by atoms with Gasteiger partial charge in [0.15, 0.2) is 6.10 Å². The summed E-state index contributed by atoms with van der Waals surface area (Å²) in [5, 5.41) is 9.79. The van der Waals surface area contributed by atoms with E-state index in [2.05, 4.69) is 69.4 Å². The van der Waals surface area contributed by atoms with E-state index in [1.807, 2.05) is 12.2 Å². The maximum absolute atomic E-state index is 12.9. The van der Waals surface area contributed by atoms with Crippen LogP contribution in [-0.2, 0) is 42.2 Å². The number of aliphatic hydroxyl groups excluding tert-OH is 1. The molecule has 0 aromatic rings. The van der Waals surface area contributed by atoms with Crippen molar-refractivity contribution in [3.63, 3.8) is 0 Å². The molecule has 0 rings (SSSR count). The molecular formula is C60H107O11P. The summed E-state index contributed by atoms with van der Waals surface area (Å²) in [6, 6.07) is 0. The summed E-state index contributed by atoms with van der Waals surface area (Å²) in [7, 11) is -4.76. The van der Waals surface area contributed by atoms with Gasteiger partial charge in [-0.3, -0.25) is 23.4 Å². The van der Waals surface area contributed by atoms with Gasteiger partial charge in [0, 0.05) is 19.3 Å². The van der Waals surface area contributed by atoms with E-state index in [0.29, 0.717) is 19.3 Å². The number of phosphoric ester groups is 1. The SMILES string of the molecule is CC/C=C\C/C=C\C/C=C\C/C=C\CCC(=O)OC(CO)COP(=O)(O)OCC(COC(=O)CCCCCCCCC/C=C\CCCCCCCC)OC(=O)CCCCCCCCCCCCCCCCC. The molecule has 0 aliphatic heterocycles. The summed E-state index contributed by atoms with van der Waals surface area (Å²) in [6.45, 7) is 4.47. The molecule has 0 heterocycles. The minimum absolute atomic E-state index is 0.0564. The highest BCUT2D eigenvalue weighted by molar-refractivity contribution is 7.47. The Labute approximate surface area is 440 Å². The number of hydrogen-bond acceptors (Lipinski definition) is 10. The molecule has 0 amide bonds. The maximum atomic E-state index is 12.9. The van der Waals surface area contributed by atoms with Crippen LogP contribution in [0.5, 0.6) is 0 Å². The number of ether oxygens (including phenoxy) is 3. The highest BCUT2D eigenvalue weighted by Gasteiger charge is 2.28. The predicted octanol–water partition coefficient (Wildman–Crippen LogP) is 17.1. The van der Waals surface area contributed by atoms with Gasteiger partial charge in [0.1, 0.15) is 12.7 Å². The monoisotopic (exact) mass is 1030 g/mol. The van der Waals surface area contributed by atoms with E-state index < -0.39 is 57.8 Å². The minimum atomic E-state index is -4.76. The number of rotatable bonds is 54. The molecule has 418 valence electrons. The number of unbranched alkanes of at least 4 members (excludes halogenated alkanes) is 27. The second-order valence-electron chi connectivity index (χ2n) is 19.4.